The van der Waals surface area contributed by atoms with E-state index in [1.807, 2.05) is 12.1 Å². The van der Waals surface area contributed by atoms with Crippen LogP contribution in [-0.2, 0) is 0 Å². The number of hydrogen-bond donors (Lipinski definition) is 1. The van der Waals surface area contributed by atoms with Crippen LogP contribution in [0.5, 0.6) is 0 Å². The Balaban J connectivity index is 1.85. The molecule has 0 amide bonds. The van der Waals surface area contributed by atoms with Gasteiger partial charge in [-0.15, -0.1) is 0 Å². The molecule has 5 heteroatoms. The minimum absolute atomic E-state index is 0.471. The van der Waals surface area contributed by atoms with Crippen molar-refractivity contribution < 1.29 is 5.11 Å². The molecular weight excluding hydrogens is 228 g/mol. The van der Waals surface area contributed by atoms with E-state index < -0.39 is 6.10 Å². The molecule has 1 aromatic carbocycles. The van der Waals surface area contributed by atoms with E-state index in [0.717, 1.165) is 24.1 Å². The monoisotopic (exact) mass is 240 g/mol. The molecule has 2 aromatic rings. The Hall–Kier alpha value is -2.19. The van der Waals surface area contributed by atoms with Gasteiger partial charge in [0.1, 0.15) is 5.69 Å². The van der Waals surface area contributed by atoms with Crippen LogP contribution in [0.1, 0.15) is 30.6 Å². The summed E-state index contributed by atoms with van der Waals surface area (Å²) in [5.74, 6) is 0. The first-order valence-corrected chi connectivity index (χ1v) is 5.88. The van der Waals surface area contributed by atoms with Crippen molar-refractivity contribution in [3.8, 4) is 17.3 Å². The van der Waals surface area contributed by atoms with Gasteiger partial charge in [-0.05, 0) is 18.4 Å². The predicted molar refractivity (Wildman–Crippen MR) is 64.3 cm³/mol. The smallest absolute Gasteiger partial charge is 0.165 e. The van der Waals surface area contributed by atoms with Crippen molar-refractivity contribution in [3.63, 3.8) is 0 Å². The summed E-state index contributed by atoms with van der Waals surface area (Å²) in [5, 5.41) is 26.7. The van der Waals surface area contributed by atoms with Gasteiger partial charge in [0.25, 0.3) is 0 Å². The number of aromatic nitrogens is 3. The van der Waals surface area contributed by atoms with Gasteiger partial charge in [-0.25, -0.2) is 0 Å². The van der Waals surface area contributed by atoms with E-state index in [9.17, 15) is 5.11 Å². The van der Waals surface area contributed by atoms with Gasteiger partial charge in [-0.2, -0.15) is 20.3 Å². The van der Waals surface area contributed by atoms with Crippen LogP contribution in [0.2, 0.25) is 0 Å². The van der Waals surface area contributed by atoms with E-state index in [2.05, 4.69) is 10.2 Å². The number of rotatable bonds is 3. The maximum absolute atomic E-state index is 9.38. The maximum atomic E-state index is 9.38. The zero-order valence-electron chi connectivity index (χ0n) is 9.69. The van der Waals surface area contributed by atoms with Gasteiger partial charge < -0.3 is 5.11 Å². The molecule has 1 atom stereocenters. The number of nitrogens with zero attached hydrogens (tertiary/aromatic N) is 4. The van der Waals surface area contributed by atoms with Gasteiger partial charge in [-0.1, -0.05) is 24.3 Å². The number of benzene rings is 1. The molecule has 1 aliphatic rings. The van der Waals surface area contributed by atoms with E-state index in [0.29, 0.717) is 11.6 Å². The van der Waals surface area contributed by atoms with Crippen LogP contribution in [0.15, 0.2) is 30.5 Å². The zero-order valence-corrected chi connectivity index (χ0v) is 9.69. The number of nitriles is 1. The highest BCUT2D eigenvalue weighted by Gasteiger charge is 2.25. The molecule has 1 aromatic heterocycles. The van der Waals surface area contributed by atoms with Crippen LogP contribution in [0.3, 0.4) is 0 Å². The molecule has 90 valence electrons. The molecular formula is C13H12N4O. The number of aliphatic hydroxyl groups excluding tert-OH is 1. The van der Waals surface area contributed by atoms with Crippen molar-refractivity contribution in [2.75, 3.05) is 0 Å². The minimum Gasteiger partial charge on any atom is -0.374 e. The van der Waals surface area contributed by atoms with Crippen molar-refractivity contribution in [2.24, 2.45) is 0 Å². The zero-order chi connectivity index (χ0) is 12.5. The molecule has 5 nitrogen and oxygen atoms in total. The van der Waals surface area contributed by atoms with Gasteiger partial charge in [0.05, 0.1) is 18.3 Å². The lowest BCUT2D eigenvalue weighted by atomic mass is 10.1. The van der Waals surface area contributed by atoms with Gasteiger partial charge in [0.15, 0.2) is 6.10 Å². The van der Waals surface area contributed by atoms with Crippen LogP contribution in [0.4, 0.5) is 0 Å². The Morgan fingerprint density at radius 1 is 1.33 bits per heavy atom. The van der Waals surface area contributed by atoms with Gasteiger partial charge in [-0.3, -0.25) is 0 Å². The summed E-state index contributed by atoms with van der Waals surface area (Å²) in [5.41, 5.74) is 2.35. The second-order valence-electron chi connectivity index (χ2n) is 4.44. The average Bonchev–Trinajstić information content (AvgIpc) is 3.16. The Morgan fingerprint density at radius 2 is 2.06 bits per heavy atom. The highest BCUT2D eigenvalue weighted by Crippen LogP contribution is 2.33. The largest absolute Gasteiger partial charge is 0.374 e. The fourth-order valence-corrected chi connectivity index (χ4v) is 1.80. The fraction of sp³-hybridized carbons (Fsp3) is 0.308. The Labute approximate surface area is 104 Å². The second-order valence-corrected chi connectivity index (χ2v) is 4.44. The van der Waals surface area contributed by atoms with Crippen molar-refractivity contribution in [3.05, 3.63) is 36.0 Å². The molecule has 0 radical (unpaired) electrons. The van der Waals surface area contributed by atoms with Gasteiger partial charge in [0.2, 0.25) is 0 Å². The van der Waals surface area contributed by atoms with E-state index in [4.69, 9.17) is 5.26 Å². The number of hydrogen-bond acceptors (Lipinski definition) is 4. The summed E-state index contributed by atoms with van der Waals surface area (Å²) >= 11 is 0. The van der Waals surface area contributed by atoms with Crippen molar-refractivity contribution in [1.29, 1.82) is 5.26 Å². The number of aliphatic hydroxyl groups is 1. The molecule has 1 saturated carbocycles. The molecule has 1 unspecified atom stereocenters. The Bertz CT molecular complexity index is 592. The molecule has 0 aliphatic heterocycles. The molecule has 3 rings (SSSR count). The van der Waals surface area contributed by atoms with Crippen LogP contribution < -0.4 is 0 Å². The molecule has 0 spiro atoms. The van der Waals surface area contributed by atoms with Gasteiger partial charge >= 0.3 is 0 Å². The minimum atomic E-state index is -1.07. The third-order valence-corrected chi connectivity index (χ3v) is 3.03. The van der Waals surface area contributed by atoms with E-state index in [1.165, 1.54) is 0 Å². The summed E-state index contributed by atoms with van der Waals surface area (Å²) in [7, 11) is 0. The third-order valence-electron chi connectivity index (χ3n) is 3.03. The molecule has 18 heavy (non-hydrogen) atoms. The lowest BCUT2D eigenvalue weighted by Gasteiger charge is -2.02. The molecule has 0 bridgehead atoms. The third kappa shape index (κ3) is 1.98. The first-order valence-electron chi connectivity index (χ1n) is 5.88. The molecule has 1 fully saturated rings. The quantitative estimate of drug-likeness (QED) is 0.830. The molecule has 1 aliphatic carbocycles. The van der Waals surface area contributed by atoms with Crippen LogP contribution in [-0.4, -0.2) is 20.1 Å². The standard InChI is InChI=1S/C13H12N4O/c14-7-13(18)10-3-1-9(2-4-10)12-8-15-17(16-12)11-5-6-11/h1-4,8,11,13,18H,5-6H2. The summed E-state index contributed by atoms with van der Waals surface area (Å²) in [4.78, 5) is 1.76. The average molecular weight is 240 g/mol. The normalized spacial score (nSPS) is 16.2. The topological polar surface area (TPSA) is 74.7 Å². The summed E-state index contributed by atoms with van der Waals surface area (Å²) in [6.45, 7) is 0. The van der Waals surface area contributed by atoms with Crippen LogP contribution >= 0.6 is 0 Å². The highest BCUT2D eigenvalue weighted by molar-refractivity contribution is 5.58. The molecule has 1 heterocycles. The van der Waals surface area contributed by atoms with E-state index >= 15 is 0 Å². The van der Waals surface area contributed by atoms with Gasteiger partial charge in [0, 0.05) is 5.56 Å². The Kier molecular flexibility index (Phi) is 2.58. The fourth-order valence-electron chi connectivity index (χ4n) is 1.80. The van der Waals surface area contributed by atoms with Crippen molar-refractivity contribution in [2.45, 2.75) is 25.0 Å². The Morgan fingerprint density at radius 3 is 2.67 bits per heavy atom. The molecule has 1 N–H and O–H groups in total. The predicted octanol–water partition coefficient (Wildman–Crippen LogP) is 1.84. The lowest BCUT2D eigenvalue weighted by Crippen LogP contribution is -1.98. The van der Waals surface area contributed by atoms with Crippen LogP contribution in [0, 0.1) is 11.3 Å². The van der Waals surface area contributed by atoms with E-state index in [1.54, 1.807) is 29.2 Å². The first kappa shape index (κ1) is 10.9. The SMILES string of the molecule is N#CC(O)c1ccc(-c2cnn(C3CC3)n2)cc1. The first-order chi connectivity index (χ1) is 8.78. The van der Waals surface area contributed by atoms with Crippen molar-refractivity contribution in [1.82, 2.24) is 15.0 Å². The second kappa shape index (κ2) is 4.24. The summed E-state index contributed by atoms with van der Waals surface area (Å²) in [6, 6.07) is 9.42. The highest BCUT2D eigenvalue weighted by atomic mass is 16.3. The maximum Gasteiger partial charge on any atom is 0.165 e. The summed E-state index contributed by atoms with van der Waals surface area (Å²) < 4.78 is 0. The van der Waals surface area contributed by atoms with Crippen LogP contribution in [0.25, 0.3) is 11.3 Å². The van der Waals surface area contributed by atoms with Crippen molar-refractivity contribution >= 4 is 0 Å². The molecule has 0 saturated heterocycles. The lowest BCUT2D eigenvalue weighted by molar-refractivity contribution is 0.236. The van der Waals surface area contributed by atoms with E-state index in [-0.39, 0.29) is 0 Å². The summed E-state index contributed by atoms with van der Waals surface area (Å²) in [6.07, 6.45) is 2.98.